The van der Waals surface area contributed by atoms with E-state index < -0.39 is 6.10 Å². The fraction of sp³-hybridized carbons (Fsp3) is 0.100. The van der Waals surface area contributed by atoms with Crippen molar-refractivity contribution in [1.82, 2.24) is 0 Å². The molecule has 0 bridgehead atoms. The maximum absolute atomic E-state index is 10.4. The van der Waals surface area contributed by atoms with E-state index in [1.54, 1.807) is 0 Å². The number of aliphatic hydroxyl groups is 1. The summed E-state index contributed by atoms with van der Waals surface area (Å²) in [6.45, 7) is 0. The van der Waals surface area contributed by atoms with E-state index in [1.807, 2.05) is 78.9 Å². The topological polar surface area (TPSA) is 29.5 Å². The van der Waals surface area contributed by atoms with E-state index in [1.165, 1.54) is 0 Å². The molecule has 23 heavy (non-hydrogen) atoms. The Kier molecular flexibility index (Phi) is 4.96. The summed E-state index contributed by atoms with van der Waals surface area (Å²) in [5, 5.41) is 11.1. The van der Waals surface area contributed by atoms with Gasteiger partial charge in [0, 0.05) is 11.4 Å². The Bertz CT molecular complexity index is 754. The molecular weight excluding hydrogens is 308 g/mol. The van der Waals surface area contributed by atoms with Gasteiger partial charge in [0.1, 0.15) is 11.5 Å². The molecule has 116 valence electrons. The third kappa shape index (κ3) is 4.13. The predicted molar refractivity (Wildman–Crippen MR) is 93.1 cm³/mol. The minimum absolute atomic E-state index is 0.485. The van der Waals surface area contributed by atoms with Crippen molar-refractivity contribution in [2.24, 2.45) is 0 Å². The van der Waals surface area contributed by atoms with E-state index in [9.17, 15) is 5.11 Å². The zero-order valence-corrected chi connectivity index (χ0v) is 13.3. The van der Waals surface area contributed by atoms with Crippen LogP contribution < -0.4 is 4.74 Å². The lowest BCUT2D eigenvalue weighted by atomic mass is 10.0. The van der Waals surface area contributed by atoms with Gasteiger partial charge in [-0.3, -0.25) is 0 Å². The second-order valence-corrected chi connectivity index (χ2v) is 5.70. The van der Waals surface area contributed by atoms with E-state index >= 15 is 0 Å². The molecule has 0 aromatic heterocycles. The van der Waals surface area contributed by atoms with E-state index in [2.05, 4.69) is 0 Å². The summed E-state index contributed by atoms with van der Waals surface area (Å²) < 4.78 is 5.75. The van der Waals surface area contributed by atoms with Gasteiger partial charge in [-0.1, -0.05) is 60.1 Å². The van der Waals surface area contributed by atoms with Crippen LogP contribution in [-0.2, 0) is 6.42 Å². The number of para-hydroxylation sites is 1. The first-order chi connectivity index (χ1) is 11.2. The average molecular weight is 325 g/mol. The molecule has 0 saturated carbocycles. The monoisotopic (exact) mass is 324 g/mol. The van der Waals surface area contributed by atoms with E-state index in [-0.39, 0.29) is 0 Å². The van der Waals surface area contributed by atoms with Gasteiger partial charge in [-0.15, -0.1) is 0 Å². The quantitative estimate of drug-likeness (QED) is 0.680. The molecule has 3 rings (SSSR count). The van der Waals surface area contributed by atoms with Crippen molar-refractivity contribution in [3.05, 3.63) is 95.0 Å². The number of hydrogen-bond donors (Lipinski definition) is 1. The normalized spacial score (nSPS) is 11.9. The van der Waals surface area contributed by atoms with Gasteiger partial charge in [-0.25, -0.2) is 0 Å². The molecule has 0 fully saturated rings. The summed E-state index contributed by atoms with van der Waals surface area (Å²) in [7, 11) is 0. The first kappa shape index (κ1) is 15.6. The van der Waals surface area contributed by atoms with Gasteiger partial charge in [0.25, 0.3) is 0 Å². The van der Waals surface area contributed by atoms with E-state index in [0.29, 0.717) is 11.4 Å². The lowest BCUT2D eigenvalue weighted by Crippen LogP contribution is -2.02. The number of benzene rings is 3. The van der Waals surface area contributed by atoms with Crippen LogP contribution in [0.3, 0.4) is 0 Å². The zero-order valence-electron chi connectivity index (χ0n) is 12.5. The molecule has 0 heterocycles. The highest BCUT2D eigenvalue weighted by molar-refractivity contribution is 6.31. The molecule has 1 N–H and O–H groups in total. The molecule has 0 aliphatic carbocycles. The second kappa shape index (κ2) is 7.32. The highest BCUT2D eigenvalue weighted by atomic mass is 35.5. The molecule has 3 aromatic carbocycles. The summed E-state index contributed by atoms with van der Waals surface area (Å²) in [6, 6.07) is 24.6. The molecule has 1 atom stereocenters. The molecule has 0 amide bonds. The standard InChI is InChI=1S/C20H17ClO2/c21-19-9-5-4-6-16(19)14-20(22)15-10-12-18(13-11-15)23-17-7-2-1-3-8-17/h1-13,20,22H,14H2. The largest absolute Gasteiger partial charge is 0.457 e. The van der Waals surface area contributed by atoms with Gasteiger partial charge in [0.2, 0.25) is 0 Å². The summed E-state index contributed by atoms with van der Waals surface area (Å²) in [5.74, 6) is 1.53. The van der Waals surface area contributed by atoms with Gasteiger partial charge >= 0.3 is 0 Å². The van der Waals surface area contributed by atoms with Gasteiger partial charge in [-0.05, 0) is 41.5 Å². The molecule has 0 spiro atoms. The number of rotatable bonds is 5. The van der Waals surface area contributed by atoms with E-state index in [4.69, 9.17) is 16.3 Å². The van der Waals surface area contributed by atoms with Crippen LogP contribution in [0.25, 0.3) is 0 Å². The van der Waals surface area contributed by atoms with Crippen LogP contribution in [0, 0.1) is 0 Å². The fourth-order valence-corrected chi connectivity index (χ4v) is 2.59. The van der Waals surface area contributed by atoms with Gasteiger partial charge < -0.3 is 9.84 Å². The van der Waals surface area contributed by atoms with Crippen LogP contribution in [-0.4, -0.2) is 5.11 Å². The Morgan fingerprint density at radius 2 is 1.39 bits per heavy atom. The molecular formula is C20H17ClO2. The highest BCUT2D eigenvalue weighted by Gasteiger charge is 2.11. The van der Waals surface area contributed by atoms with Crippen molar-refractivity contribution in [2.45, 2.75) is 12.5 Å². The van der Waals surface area contributed by atoms with Crippen molar-refractivity contribution < 1.29 is 9.84 Å². The number of aliphatic hydroxyl groups excluding tert-OH is 1. The van der Waals surface area contributed by atoms with Crippen molar-refractivity contribution in [2.75, 3.05) is 0 Å². The molecule has 2 nitrogen and oxygen atoms in total. The van der Waals surface area contributed by atoms with Crippen LogP contribution in [0.1, 0.15) is 17.2 Å². The van der Waals surface area contributed by atoms with Crippen molar-refractivity contribution in [1.29, 1.82) is 0 Å². The summed E-state index contributed by atoms with van der Waals surface area (Å²) in [5.41, 5.74) is 1.77. The first-order valence-electron chi connectivity index (χ1n) is 7.47. The molecule has 0 aliphatic rings. The van der Waals surface area contributed by atoms with Gasteiger partial charge in [0.05, 0.1) is 6.10 Å². The molecule has 1 unspecified atom stereocenters. The van der Waals surface area contributed by atoms with Crippen LogP contribution in [0.2, 0.25) is 5.02 Å². The number of hydrogen-bond acceptors (Lipinski definition) is 2. The van der Waals surface area contributed by atoms with Crippen LogP contribution >= 0.6 is 11.6 Å². The Labute approximate surface area is 140 Å². The van der Waals surface area contributed by atoms with Crippen LogP contribution in [0.4, 0.5) is 0 Å². The fourth-order valence-electron chi connectivity index (χ4n) is 2.37. The maximum atomic E-state index is 10.4. The Hall–Kier alpha value is -2.29. The maximum Gasteiger partial charge on any atom is 0.127 e. The summed E-state index contributed by atoms with van der Waals surface area (Å²) in [4.78, 5) is 0. The third-order valence-electron chi connectivity index (χ3n) is 3.61. The molecule has 3 aromatic rings. The molecule has 0 radical (unpaired) electrons. The third-order valence-corrected chi connectivity index (χ3v) is 3.98. The van der Waals surface area contributed by atoms with Gasteiger partial charge in [-0.2, -0.15) is 0 Å². The smallest absolute Gasteiger partial charge is 0.127 e. The zero-order chi connectivity index (χ0) is 16.1. The molecule has 0 saturated heterocycles. The minimum atomic E-state index is -0.597. The summed E-state index contributed by atoms with van der Waals surface area (Å²) >= 11 is 6.14. The average Bonchev–Trinajstić information content (AvgIpc) is 2.58. The first-order valence-corrected chi connectivity index (χ1v) is 7.84. The SMILES string of the molecule is OC(Cc1ccccc1Cl)c1ccc(Oc2ccccc2)cc1. The number of halogens is 1. The summed E-state index contributed by atoms with van der Waals surface area (Å²) in [6.07, 6.45) is -0.112. The number of ether oxygens (including phenoxy) is 1. The van der Waals surface area contributed by atoms with Crippen LogP contribution in [0.15, 0.2) is 78.9 Å². The molecule has 3 heteroatoms. The van der Waals surface area contributed by atoms with Crippen LogP contribution in [0.5, 0.6) is 11.5 Å². The second-order valence-electron chi connectivity index (χ2n) is 5.30. The lowest BCUT2D eigenvalue weighted by Gasteiger charge is -2.13. The Morgan fingerprint density at radius 3 is 2.09 bits per heavy atom. The Balaban J connectivity index is 1.68. The van der Waals surface area contributed by atoms with E-state index in [0.717, 1.165) is 22.6 Å². The highest BCUT2D eigenvalue weighted by Crippen LogP contribution is 2.26. The minimum Gasteiger partial charge on any atom is -0.457 e. The van der Waals surface area contributed by atoms with Crippen molar-refractivity contribution in [3.8, 4) is 11.5 Å². The molecule has 0 aliphatic heterocycles. The van der Waals surface area contributed by atoms with Gasteiger partial charge in [0.15, 0.2) is 0 Å². The lowest BCUT2D eigenvalue weighted by molar-refractivity contribution is 0.178. The van der Waals surface area contributed by atoms with Crippen molar-refractivity contribution in [3.63, 3.8) is 0 Å². The van der Waals surface area contributed by atoms with Crippen molar-refractivity contribution >= 4 is 11.6 Å². The predicted octanol–water partition coefficient (Wildman–Crippen LogP) is 5.41. The Morgan fingerprint density at radius 1 is 0.783 bits per heavy atom.